The molecule has 1 aromatic carbocycles. The summed E-state index contributed by atoms with van der Waals surface area (Å²) in [7, 11) is -0.850. The van der Waals surface area contributed by atoms with Crippen molar-refractivity contribution in [3.8, 4) is 11.5 Å². The molecule has 3 rings (SSSR count). The topological polar surface area (TPSA) is 89.0 Å². The minimum atomic E-state index is -3.75. The molecule has 0 atom stereocenters. The van der Waals surface area contributed by atoms with Crippen molar-refractivity contribution < 1.29 is 27.1 Å². The van der Waals surface area contributed by atoms with Crippen molar-refractivity contribution >= 4 is 15.9 Å². The van der Waals surface area contributed by atoms with E-state index in [9.17, 15) is 17.6 Å². The van der Waals surface area contributed by atoms with E-state index in [0.717, 1.165) is 6.07 Å². The van der Waals surface area contributed by atoms with Crippen LogP contribution in [0.4, 0.5) is 4.39 Å². The Kier molecular flexibility index (Phi) is 5.80. The van der Waals surface area contributed by atoms with Gasteiger partial charge in [0.15, 0.2) is 11.5 Å². The van der Waals surface area contributed by atoms with Crippen LogP contribution in [0.15, 0.2) is 41.4 Å². The number of aromatic nitrogens is 1. The van der Waals surface area contributed by atoms with Gasteiger partial charge in [0.1, 0.15) is 0 Å². The number of rotatable bonds is 5. The predicted octanol–water partition coefficient (Wildman–Crippen LogP) is 1.38. The highest BCUT2D eigenvalue weighted by molar-refractivity contribution is 7.89. The molecule has 1 fully saturated rings. The highest BCUT2D eigenvalue weighted by atomic mass is 32.2. The van der Waals surface area contributed by atoms with Crippen LogP contribution >= 0.6 is 0 Å². The summed E-state index contributed by atoms with van der Waals surface area (Å²) in [6, 6.07) is 6.89. The van der Waals surface area contributed by atoms with E-state index < -0.39 is 16.0 Å². The Morgan fingerprint density at radius 2 is 1.71 bits per heavy atom. The van der Waals surface area contributed by atoms with Gasteiger partial charge in [0.2, 0.25) is 16.0 Å². The molecule has 28 heavy (non-hydrogen) atoms. The van der Waals surface area contributed by atoms with Crippen molar-refractivity contribution in [2.24, 2.45) is 0 Å². The fraction of sp³-hybridized carbons (Fsp3) is 0.333. The smallest absolute Gasteiger partial charge is 0.254 e. The number of carbonyl (C=O) groups is 1. The van der Waals surface area contributed by atoms with Crippen LogP contribution in [0.5, 0.6) is 11.5 Å². The van der Waals surface area contributed by atoms with E-state index >= 15 is 0 Å². The first-order valence-electron chi connectivity index (χ1n) is 8.50. The first kappa shape index (κ1) is 20.0. The lowest BCUT2D eigenvalue weighted by atomic mass is 10.2. The number of ether oxygens (including phenoxy) is 2. The molecule has 2 aromatic rings. The van der Waals surface area contributed by atoms with Crippen molar-refractivity contribution in [3.63, 3.8) is 0 Å². The summed E-state index contributed by atoms with van der Waals surface area (Å²) in [4.78, 5) is 17.5. The van der Waals surface area contributed by atoms with Gasteiger partial charge in [-0.3, -0.25) is 4.79 Å². The van der Waals surface area contributed by atoms with Gasteiger partial charge in [-0.25, -0.2) is 13.4 Å². The fourth-order valence-electron chi connectivity index (χ4n) is 2.98. The Morgan fingerprint density at radius 3 is 2.32 bits per heavy atom. The number of methoxy groups -OCH3 is 2. The summed E-state index contributed by atoms with van der Waals surface area (Å²) in [5.74, 6) is -0.344. The Balaban J connectivity index is 1.72. The first-order chi connectivity index (χ1) is 13.4. The molecule has 0 radical (unpaired) electrons. The minimum Gasteiger partial charge on any atom is -0.493 e. The third-order valence-corrected chi connectivity index (χ3v) is 6.39. The zero-order valence-corrected chi connectivity index (χ0v) is 16.3. The number of halogens is 1. The summed E-state index contributed by atoms with van der Waals surface area (Å²) in [5.41, 5.74) is 0.184. The summed E-state index contributed by atoms with van der Waals surface area (Å²) < 4.78 is 50.7. The van der Waals surface area contributed by atoms with Gasteiger partial charge >= 0.3 is 0 Å². The normalized spacial score (nSPS) is 15.3. The maximum atomic E-state index is 13.2. The first-order valence-corrected chi connectivity index (χ1v) is 9.94. The zero-order valence-electron chi connectivity index (χ0n) is 15.5. The number of nitrogens with zero attached hydrogens (tertiary/aromatic N) is 3. The van der Waals surface area contributed by atoms with Gasteiger partial charge < -0.3 is 14.4 Å². The van der Waals surface area contributed by atoms with Crippen LogP contribution in [0.1, 0.15) is 10.4 Å². The lowest BCUT2D eigenvalue weighted by molar-refractivity contribution is 0.0697. The number of hydrogen-bond acceptors (Lipinski definition) is 6. The van der Waals surface area contributed by atoms with E-state index in [1.54, 1.807) is 0 Å². The molecule has 1 aliphatic rings. The van der Waals surface area contributed by atoms with Gasteiger partial charge in [-0.15, -0.1) is 0 Å². The number of sulfonamides is 1. The number of hydrogen-bond donors (Lipinski definition) is 0. The van der Waals surface area contributed by atoms with Crippen molar-refractivity contribution in [1.29, 1.82) is 0 Å². The second-order valence-electron chi connectivity index (χ2n) is 6.08. The third kappa shape index (κ3) is 3.92. The van der Waals surface area contributed by atoms with Crippen molar-refractivity contribution in [3.05, 3.63) is 48.0 Å². The van der Waals surface area contributed by atoms with E-state index in [0.29, 0.717) is 11.5 Å². The van der Waals surface area contributed by atoms with Crippen LogP contribution in [-0.4, -0.2) is 68.9 Å². The molecule has 0 N–H and O–H groups in total. The molecule has 0 saturated carbocycles. The Labute approximate surface area is 162 Å². The third-order valence-electron chi connectivity index (χ3n) is 4.49. The molecule has 0 aliphatic carbocycles. The SMILES string of the molecule is COc1ccc(S(=O)(=O)N2CCN(C(=O)c3ccnc(F)c3)CC2)cc1OC. The molecule has 150 valence electrons. The summed E-state index contributed by atoms with van der Waals surface area (Å²) in [6.45, 7) is 0.677. The molecule has 1 aliphatic heterocycles. The van der Waals surface area contributed by atoms with Gasteiger partial charge in [-0.1, -0.05) is 0 Å². The van der Waals surface area contributed by atoms with E-state index in [4.69, 9.17) is 9.47 Å². The monoisotopic (exact) mass is 409 g/mol. The molecule has 1 amide bonds. The van der Waals surface area contributed by atoms with Crippen LogP contribution in [-0.2, 0) is 10.0 Å². The second-order valence-corrected chi connectivity index (χ2v) is 8.02. The molecular weight excluding hydrogens is 389 g/mol. The lowest BCUT2D eigenvalue weighted by Gasteiger charge is -2.34. The largest absolute Gasteiger partial charge is 0.493 e. The maximum Gasteiger partial charge on any atom is 0.254 e. The van der Waals surface area contributed by atoms with Gasteiger partial charge in [-0.05, 0) is 18.2 Å². The molecule has 10 heteroatoms. The molecule has 2 heterocycles. The van der Waals surface area contributed by atoms with Crippen molar-refractivity contribution in [2.75, 3.05) is 40.4 Å². The highest BCUT2D eigenvalue weighted by Gasteiger charge is 2.31. The van der Waals surface area contributed by atoms with Crippen molar-refractivity contribution in [2.45, 2.75) is 4.90 Å². The number of amides is 1. The quantitative estimate of drug-likeness (QED) is 0.694. The van der Waals surface area contributed by atoms with Crippen LogP contribution in [0, 0.1) is 5.95 Å². The number of benzene rings is 1. The highest BCUT2D eigenvalue weighted by Crippen LogP contribution is 2.31. The van der Waals surface area contributed by atoms with Gasteiger partial charge in [-0.2, -0.15) is 8.70 Å². The number of pyridine rings is 1. The van der Waals surface area contributed by atoms with Gasteiger partial charge in [0.25, 0.3) is 5.91 Å². The standard InChI is InChI=1S/C18H20FN3O5S/c1-26-15-4-3-14(12-16(15)27-2)28(24,25)22-9-7-21(8-10-22)18(23)13-5-6-20-17(19)11-13/h3-6,11-12H,7-10H2,1-2H3. The van der Waals surface area contributed by atoms with Gasteiger partial charge in [0.05, 0.1) is 19.1 Å². The Hall–Kier alpha value is -2.72. The minimum absolute atomic E-state index is 0.0844. The molecule has 1 aromatic heterocycles. The van der Waals surface area contributed by atoms with Crippen LogP contribution in [0.25, 0.3) is 0 Å². The summed E-state index contributed by atoms with van der Waals surface area (Å²) in [6.07, 6.45) is 1.22. The van der Waals surface area contributed by atoms with Crippen LogP contribution in [0.3, 0.4) is 0 Å². The van der Waals surface area contributed by atoms with E-state index in [1.165, 1.54) is 53.9 Å². The lowest BCUT2D eigenvalue weighted by Crippen LogP contribution is -2.50. The summed E-state index contributed by atoms with van der Waals surface area (Å²) in [5, 5.41) is 0. The van der Waals surface area contributed by atoms with Crippen LogP contribution in [0.2, 0.25) is 0 Å². The average molecular weight is 409 g/mol. The molecule has 0 unspecified atom stereocenters. The molecular formula is C18H20FN3O5S. The molecule has 0 spiro atoms. The Bertz CT molecular complexity index is 975. The summed E-state index contributed by atoms with van der Waals surface area (Å²) >= 11 is 0. The molecule has 1 saturated heterocycles. The predicted molar refractivity (Wildman–Crippen MR) is 98.4 cm³/mol. The van der Waals surface area contributed by atoms with E-state index in [-0.39, 0.29) is 42.5 Å². The Morgan fingerprint density at radius 1 is 1.04 bits per heavy atom. The average Bonchev–Trinajstić information content (AvgIpc) is 2.72. The fourth-order valence-corrected chi connectivity index (χ4v) is 4.41. The molecule has 8 nitrogen and oxygen atoms in total. The van der Waals surface area contributed by atoms with Gasteiger partial charge in [0, 0.05) is 50.1 Å². The number of carbonyl (C=O) groups excluding carboxylic acids is 1. The van der Waals surface area contributed by atoms with E-state index in [2.05, 4.69) is 4.98 Å². The van der Waals surface area contributed by atoms with Crippen LogP contribution < -0.4 is 9.47 Å². The zero-order chi connectivity index (χ0) is 20.3. The second kappa shape index (κ2) is 8.11. The maximum absolute atomic E-state index is 13.2. The molecule has 0 bridgehead atoms. The number of piperazine rings is 1. The van der Waals surface area contributed by atoms with E-state index in [1.807, 2.05) is 0 Å². The van der Waals surface area contributed by atoms with Crippen molar-refractivity contribution in [1.82, 2.24) is 14.2 Å².